The van der Waals surface area contributed by atoms with Gasteiger partial charge in [0.2, 0.25) is 0 Å². The second-order valence-corrected chi connectivity index (χ2v) is 6.81. The zero-order valence-electron chi connectivity index (χ0n) is 12.7. The fourth-order valence-corrected chi connectivity index (χ4v) is 3.20. The Balaban J connectivity index is 1.84. The van der Waals surface area contributed by atoms with E-state index in [0.29, 0.717) is 28.2 Å². The minimum Gasteiger partial charge on any atom is -0.423 e. The van der Waals surface area contributed by atoms with Gasteiger partial charge in [0.05, 0.1) is 5.56 Å². The van der Waals surface area contributed by atoms with E-state index < -0.39 is 16.8 Å². The molecular formula is C18H16O4S. The molecule has 1 atom stereocenters. The van der Waals surface area contributed by atoms with Crippen molar-refractivity contribution in [2.45, 2.75) is 24.2 Å². The monoisotopic (exact) mass is 328 g/mol. The van der Waals surface area contributed by atoms with Gasteiger partial charge in [-0.3, -0.25) is 9.00 Å². The Morgan fingerprint density at radius 1 is 1.09 bits per heavy atom. The SMILES string of the molecule is CS(=O)c1ccc(C(=O)Oc2cccc3c2CCCC3=O)cc1. The van der Waals surface area contributed by atoms with Gasteiger partial charge in [0.25, 0.3) is 0 Å². The predicted octanol–water partition coefficient (Wildman–Crippen LogP) is 3.16. The average molecular weight is 328 g/mol. The first-order valence-electron chi connectivity index (χ1n) is 7.37. The number of esters is 1. The summed E-state index contributed by atoms with van der Waals surface area (Å²) in [4.78, 5) is 24.9. The molecule has 0 aliphatic heterocycles. The fraction of sp³-hybridized carbons (Fsp3) is 0.222. The van der Waals surface area contributed by atoms with Crippen molar-refractivity contribution in [1.82, 2.24) is 0 Å². The number of ketones is 1. The van der Waals surface area contributed by atoms with Crippen LogP contribution in [0.25, 0.3) is 0 Å². The Morgan fingerprint density at radius 3 is 2.52 bits per heavy atom. The molecule has 0 bridgehead atoms. The van der Waals surface area contributed by atoms with Crippen LogP contribution in [0.2, 0.25) is 0 Å². The summed E-state index contributed by atoms with van der Waals surface area (Å²) in [6, 6.07) is 11.7. The zero-order chi connectivity index (χ0) is 16.4. The Morgan fingerprint density at radius 2 is 1.83 bits per heavy atom. The quantitative estimate of drug-likeness (QED) is 0.641. The Kier molecular flexibility index (Phi) is 4.39. The fourth-order valence-electron chi connectivity index (χ4n) is 2.68. The van der Waals surface area contributed by atoms with Crippen molar-refractivity contribution < 1.29 is 18.5 Å². The van der Waals surface area contributed by atoms with Crippen molar-refractivity contribution in [3.8, 4) is 5.75 Å². The van der Waals surface area contributed by atoms with Gasteiger partial charge in [0.15, 0.2) is 5.78 Å². The maximum Gasteiger partial charge on any atom is 0.343 e. The van der Waals surface area contributed by atoms with Crippen LogP contribution in [0.3, 0.4) is 0 Å². The van der Waals surface area contributed by atoms with Crippen LogP contribution >= 0.6 is 0 Å². The molecule has 0 amide bonds. The molecule has 2 aromatic carbocycles. The summed E-state index contributed by atoms with van der Waals surface area (Å²) >= 11 is 0. The first kappa shape index (κ1) is 15.6. The molecule has 0 saturated carbocycles. The molecule has 118 valence electrons. The lowest BCUT2D eigenvalue weighted by Gasteiger charge is -2.17. The molecule has 4 nitrogen and oxygen atoms in total. The molecule has 0 saturated heterocycles. The third-order valence-corrected chi connectivity index (χ3v) is 4.82. The van der Waals surface area contributed by atoms with Gasteiger partial charge in [-0.15, -0.1) is 0 Å². The van der Waals surface area contributed by atoms with E-state index in [-0.39, 0.29) is 5.78 Å². The number of rotatable bonds is 3. The Labute approximate surface area is 136 Å². The highest BCUT2D eigenvalue weighted by Gasteiger charge is 2.21. The molecule has 1 unspecified atom stereocenters. The number of carbonyl (C=O) groups excluding carboxylic acids is 2. The van der Waals surface area contributed by atoms with Gasteiger partial charge in [-0.25, -0.2) is 4.79 Å². The topological polar surface area (TPSA) is 60.4 Å². The highest BCUT2D eigenvalue weighted by atomic mass is 32.2. The lowest BCUT2D eigenvalue weighted by atomic mass is 9.90. The van der Waals surface area contributed by atoms with Crippen LogP contribution in [-0.4, -0.2) is 22.2 Å². The molecule has 0 fully saturated rings. The number of ether oxygens (including phenoxy) is 1. The number of benzene rings is 2. The van der Waals surface area contributed by atoms with Gasteiger partial charge in [-0.1, -0.05) is 12.1 Å². The molecule has 0 radical (unpaired) electrons. The second-order valence-electron chi connectivity index (χ2n) is 5.43. The molecule has 3 rings (SSSR count). The lowest BCUT2D eigenvalue weighted by Crippen LogP contribution is -2.15. The van der Waals surface area contributed by atoms with Crippen LogP contribution in [0.15, 0.2) is 47.4 Å². The van der Waals surface area contributed by atoms with Crippen LogP contribution in [0.5, 0.6) is 5.75 Å². The van der Waals surface area contributed by atoms with E-state index in [1.54, 1.807) is 48.7 Å². The first-order valence-corrected chi connectivity index (χ1v) is 8.93. The highest BCUT2D eigenvalue weighted by molar-refractivity contribution is 7.84. The number of hydrogen-bond donors (Lipinski definition) is 0. The van der Waals surface area contributed by atoms with Crippen molar-refractivity contribution in [3.63, 3.8) is 0 Å². The van der Waals surface area contributed by atoms with E-state index in [1.165, 1.54) is 0 Å². The van der Waals surface area contributed by atoms with Crippen LogP contribution in [-0.2, 0) is 17.2 Å². The van der Waals surface area contributed by atoms with Crippen molar-refractivity contribution in [2.24, 2.45) is 0 Å². The summed E-state index contributed by atoms with van der Waals surface area (Å²) in [6.45, 7) is 0. The van der Waals surface area contributed by atoms with Crippen LogP contribution in [0.4, 0.5) is 0 Å². The van der Waals surface area contributed by atoms with Gasteiger partial charge in [0.1, 0.15) is 5.75 Å². The summed E-state index contributed by atoms with van der Waals surface area (Å²) in [6.07, 6.45) is 3.64. The average Bonchev–Trinajstić information content (AvgIpc) is 2.56. The van der Waals surface area contributed by atoms with Gasteiger partial charge in [-0.2, -0.15) is 0 Å². The standard InChI is InChI=1S/C18H16O4S/c1-23(21)13-10-8-12(9-11-13)18(20)22-17-7-3-4-14-15(17)5-2-6-16(14)19/h3-4,7-11H,2,5-6H2,1H3. The number of carbonyl (C=O) groups is 2. The molecule has 0 heterocycles. The smallest absolute Gasteiger partial charge is 0.343 e. The van der Waals surface area contributed by atoms with Gasteiger partial charge in [0, 0.05) is 39.5 Å². The molecule has 1 aliphatic carbocycles. The zero-order valence-corrected chi connectivity index (χ0v) is 13.5. The van der Waals surface area contributed by atoms with Crippen molar-refractivity contribution >= 4 is 22.6 Å². The number of hydrogen-bond acceptors (Lipinski definition) is 4. The Hall–Kier alpha value is -2.27. The second kappa shape index (κ2) is 6.46. The molecule has 2 aromatic rings. The summed E-state index contributed by atoms with van der Waals surface area (Å²) in [7, 11) is -1.08. The van der Waals surface area contributed by atoms with Crippen LogP contribution in [0, 0.1) is 0 Å². The minimum absolute atomic E-state index is 0.0962. The lowest BCUT2D eigenvalue weighted by molar-refractivity contribution is 0.0730. The van der Waals surface area contributed by atoms with Crippen molar-refractivity contribution in [2.75, 3.05) is 6.26 Å². The Bertz CT molecular complexity index is 793. The van der Waals surface area contributed by atoms with E-state index in [4.69, 9.17) is 4.74 Å². The van der Waals surface area contributed by atoms with Crippen LogP contribution in [0.1, 0.15) is 39.1 Å². The number of fused-ring (bicyclic) bond motifs is 1. The van der Waals surface area contributed by atoms with Gasteiger partial charge in [-0.05, 0) is 43.2 Å². The molecular weight excluding hydrogens is 312 g/mol. The molecule has 23 heavy (non-hydrogen) atoms. The molecule has 1 aliphatic rings. The van der Waals surface area contributed by atoms with E-state index in [9.17, 15) is 13.8 Å². The summed E-state index contributed by atoms with van der Waals surface area (Å²) < 4.78 is 16.9. The summed E-state index contributed by atoms with van der Waals surface area (Å²) in [5.74, 6) is 0.0625. The van der Waals surface area contributed by atoms with E-state index >= 15 is 0 Å². The summed E-state index contributed by atoms with van der Waals surface area (Å²) in [5, 5.41) is 0. The van der Waals surface area contributed by atoms with Gasteiger partial charge >= 0.3 is 5.97 Å². The molecule has 0 aromatic heterocycles. The normalized spacial score (nSPS) is 14.9. The van der Waals surface area contributed by atoms with Crippen LogP contribution < -0.4 is 4.74 Å². The third-order valence-electron chi connectivity index (χ3n) is 3.89. The maximum absolute atomic E-state index is 12.3. The van der Waals surface area contributed by atoms with Crippen molar-refractivity contribution in [1.29, 1.82) is 0 Å². The minimum atomic E-state index is -1.08. The first-order chi connectivity index (χ1) is 11.1. The van der Waals surface area contributed by atoms with E-state index in [2.05, 4.69) is 0 Å². The van der Waals surface area contributed by atoms with E-state index in [0.717, 1.165) is 18.4 Å². The predicted molar refractivity (Wildman–Crippen MR) is 87.4 cm³/mol. The van der Waals surface area contributed by atoms with Gasteiger partial charge < -0.3 is 4.74 Å². The highest BCUT2D eigenvalue weighted by Crippen LogP contribution is 2.30. The maximum atomic E-state index is 12.3. The van der Waals surface area contributed by atoms with E-state index in [1.807, 2.05) is 0 Å². The number of Topliss-reactive ketones (excluding diaryl/α,β-unsaturated/α-hetero) is 1. The molecule has 0 spiro atoms. The molecule has 5 heteroatoms. The third kappa shape index (κ3) is 3.24. The largest absolute Gasteiger partial charge is 0.423 e. The van der Waals surface area contributed by atoms with Crippen molar-refractivity contribution in [3.05, 3.63) is 59.2 Å². The summed E-state index contributed by atoms with van der Waals surface area (Å²) in [5.41, 5.74) is 1.85. The molecule has 0 N–H and O–H groups in total.